The molecule has 35 heavy (non-hydrogen) atoms. The van der Waals surface area contributed by atoms with Crippen molar-refractivity contribution in [1.29, 1.82) is 0 Å². The number of aromatic nitrogens is 2. The standard InChI is InChI=1S/C16H25N2O15PS/c19-3-6-9(21)11(23)13(25)15(33-6)35(29,30)5-34(27,28)31-4-7-10(22)12(24)14(32-7)18-2-1-8(20)17-16(18)26/h1-2,6-7,9-15,19,21-25H,3-5H2,(H,27,28)(H,17,20,26)/t6-,7-,9-,10-,11+,12-,13-,14-,15+/m1/s1. The van der Waals surface area contributed by atoms with Gasteiger partial charge < -0.3 is 49.5 Å². The molecule has 2 fully saturated rings. The lowest BCUT2D eigenvalue weighted by molar-refractivity contribution is -0.207. The van der Waals surface area contributed by atoms with Crippen LogP contribution in [0, 0.1) is 0 Å². The summed E-state index contributed by atoms with van der Waals surface area (Å²) < 4.78 is 53.2. The summed E-state index contributed by atoms with van der Waals surface area (Å²) in [6.07, 6.45) is -13.2. The third-order valence-electron chi connectivity index (χ3n) is 5.45. The van der Waals surface area contributed by atoms with Crippen LogP contribution in [0.15, 0.2) is 21.9 Å². The summed E-state index contributed by atoms with van der Waals surface area (Å²) in [5, 5.41) is 58.9. The Balaban J connectivity index is 1.67. The number of rotatable bonds is 8. The highest BCUT2D eigenvalue weighted by Crippen LogP contribution is 2.46. The highest BCUT2D eigenvalue weighted by atomic mass is 32.2. The predicted octanol–water partition coefficient (Wildman–Crippen LogP) is -5.47. The summed E-state index contributed by atoms with van der Waals surface area (Å²) in [6, 6.07) is 0.944. The molecule has 200 valence electrons. The highest BCUT2D eigenvalue weighted by molar-refractivity contribution is 7.97. The number of aromatic amines is 1. The molecule has 3 rings (SSSR count). The average molecular weight is 548 g/mol. The molecule has 0 saturated carbocycles. The molecule has 0 bridgehead atoms. The van der Waals surface area contributed by atoms with Crippen molar-refractivity contribution in [2.24, 2.45) is 0 Å². The molecule has 0 spiro atoms. The first kappa shape index (κ1) is 28.0. The predicted molar refractivity (Wildman–Crippen MR) is 111 cm³/mol. The van der Waals surface area contributed by atoms with Crippen LogP contribution in [0.3, 0.4) is 0 Å². The first-order chi connectivity index (χ1) is 16.2. The maximum atomic E-state index is 12.6. The smallest absolute Gasteiger partial charge is 0.343 e. The molecule has 2 aliphatic rings. The van der Waals surface area contributed by atoms with Gasteiger partial charge in [-0.3, -0.25) is 18.9 Å². The Kier molecular flexibility index (Phi) is 8.37. The molecule has 1 aromatic rings. The van der Waals surface area contributed by atoms with E-state index in [0.29, 0.717) is 0 Å². The largest absolute Gasteiger partial charge is 0.394 e. The SMILES string of the molecule is O=c1ccn([C@@H]2O[C@H](COP(=O)(O)CS(=O)(=O)[C@@H]3O[C@H](CO)[C@@H](O)[C@H](O)[C@H]3O)[C@@H](O)[C@H]2O)c(=O)[nH]1. The summed E-state index contributed by atoms with van der Waals surface area (Å²) in [5.74, 6) is 0. The van der Waals surface area contributed by atoms with E-state index in [9.17, 15) is 53.0 Å². The lowest BCUT2D eigenvalue weighted by Crippen LogP contribution is -2.60. The Morgan fingerprint density at radius 2 is 1.63 bits per heavy atom. The van der Waals surface area contributed by atoms with Crippen LogP contribution in [-0.2, 0) is 28.4 Å². The Labute approximate surface area is 196 Å². The van der Waals surface area contributed by atoms with Crippen molar-refractivity contribution >= 4 is 17.4 Å². The van der Waals surface area contributed by atoms with Crippen LogP contribution in [0.1, 0.15) is 6.23 Å². The van der Waals surface area contributed by atoms with E-state index in [1.54, 1.807) is 0 Å². The number of nitrogens with one attached hydrogen (secondary N) is 1. The number of aliphatic hydroxyl groups is 6. The molecule has 0 aromatic carbocycles. The van der Waals surface area contributed by atoms with Crippen LogP contribution in [0.5, 0.6) is 0 Å². The molecule has 10 atom stereocenters. The Hall–Kier alpha value is -1.54. The van der Waals surface area contributed by atoms with Crippen molar-refractivity contribution in [2.45, 2.75) is 54.4 Å². The van der Waals surface area contributed by atoms with Crippen molar-refractivity contribution < 1.29 is 62.5 Å². The zero-order valence-electron chi connectivity index (χ0n) is 17.7. The third-order valence-corrected chi connectivity index (χ3v) is 9.84. The van der Waals surface area contributed by atoms with E-state index in [-0.39, 0.29) is 0 Å². The Morgan fingerprint density at radius 1 is 1.00 bits per heavy atom. The topological polar surface area (TPSA) is 275 Å². The van der Waals surface area contributed by atoms with Gasteiger partial charge in [-0.05, 0) is 0 Å². The minimum atomic E-state index is -5.05. The van der Waals surface area contributed by atoms with Crippen LogP contribution in [0.25, 0.3) is 0 Å². The van der Waals surface area contributed by atoms with Gasteiger partial charge in [0.25, 0.3) is 5.56 Å². The second-order valence-electron chi connectivity index (χ2n) is 7.99. The van der Waals surface area contributed by atoms with Gasteiger partial charge in [0.1, 0.15) is 42.7 Å². The molecule has 0 aliphatic carbocycles. The monoisotopic (exact) mass is 548 g/mol. The van der Waals surface area contributed by atoms with Crippen molar-refractivity contribution in [3.05, 3.63) is 33.1 Å². The molecule has 1 aromatic heterocycles. The molecular weight excluding hydrogens is 523 g/mol. The van der Waals surface area contributed by atoms with E-state index >= 15 is 0 Å². The third kappa shape index (κ3) is 5.90. The van der Waals surface area contributed by atoms with Gasteiger partial charge in [0.2, 0.25) is 0 Å². The first-order valence-corrected chi connectivity index (χ1v) is 13.5. The normalized spacial score (nSPS) is 37.7. The second kappa shape index (κ2) is 10.4. The van der Waals surface area contributed by atoms with Crippen LogP contribution < -0.4 is 11.2 Å². The van der Waals surface area contributed by atoms with Crippen molar-refractivity contribution in [3.8, 4) is 0 Å². The molecule has 17 nitrogen and oxygen atoms in total. The van der Waals surface area contributed by atoms with Crippen LogP contribution in [-0.4, -0.2) is 120 Å². The van der Waals surface area contributed by atoms with Crippen LogP contribution in [0.4, 0.5) is 0 Å². The van der Waals surface area contributed by atoms with Gasteiger partial charge in [0, 0.05) is 12.3 Å². The zero-order chi connectivity index (χ0) is 26.3. The molecular formula is C16H25N2O15PS. The number of hydrogen-bond donors (Lipinski definition) is 8. The number of hydrogen-bond acceptors (Lipinski definition) is 14. The summed E-state index contributed by atoms with van der Waals surface area (Å²) in [5.41, 5.74) is -5.62. The first-order valence-electron chi connectivity index (χ1n) is 10.00. The molecule has 0 radical (unpaired) electrons. The fourth-order valence-corrected chi connectivity index (χ4v) is 7.60. The second-order valence-corrected chi connectivity index (χ2v) is 12.3. The zero-order valence-corrected chi connectivity index (χ0v) is 19.4. The van der Waals surface area contributed by atoms with Crippen molar-refractivity contribution in [1.82, 2.24) is 9.55 Å². The molecule has 3 heterocycles. The maximum absolute atomic E-state index is 12.6. The molecule has 19 heteroatoms. The van der Waals surface area contributed by atoms with Crippen molar-refractivity contribution in [3.63, 3.8) is 0 Å². The van der Waals surface area contributed by atoms with Gasteiger partial charge in [-0.15, -0.1) is 0 Å². The maximum Gasteiger partial charge on any atom is 0.343 e. The fraction of sp³-hybridized carbons (Fsp3) is 0.750. The molecule has 2 saturated heterocycles. The number of ether oxygens (including phenoxy) is 2. The van der Waals surface area contributed by atoms with E-state index < -0.39 is 102 Å². The molecule has 8 N–H and O–H groups in total. The van der Waals surface area contributed by atoms with Gasteiger partial charge in [0.05, 0.1) is 13.2 Å². The molecule has 2 aliphatic heterocycles. The Morgan fingerprint density at radius 3 is 2.23 bits per heavy atom. The number of sulfone groups is 1. The lowest BCUT2D eigenvalue weighted by atomic mass is 10.0. The molecule has 0 amide bonds. The summed E-state index contributed by atoms with van der Waals surface area (Å²) in [4.78, 5) is 35.0. The number of H-pyrrole nitrogens is 1. The number of nitrogens with zero attached hydrogens (tertiary/aromatic N) is 1. The summed E-state index contributed by atoms with van der Waals surface area (Å²) >= 11 is 0. The molecule has 1 unspecified atom stereocenters. The number of aliphatic hydroxyl groups excluding tert-OH is 6. The highest BCUT2D eigenvalue weighted by Gasteiger charge is 2.51. The van der Waals surface area contributed by atoms with E-state index in [1.165, 1.54) is 0 Å². The fourth-order valence-electron chi connectivity index (χ4n) is 3.62. The van der Waals surface area contributed by atoms with Gasteiger partial charge in [-0.25, -0.2) is 13.2 Å². The quantitative estimate of drug-likeness (QED) is 0.141. The average Bonchev–Trinajstić information content (AvgIpc) is 3.04. The van der Waals surface area contributed by atoms with E-state index in [4.69, 9.17) is 19.1 Å². The van der Waals surface area contributed by atoms with Gasteiger partial charge in [-0.2, -0.15) is 0 Å². The Bertz CT molecular complexity index is 1170. The van der Waals surface area contributed by atoms with Gasteiger partial charge >= 0.3 is 13.3 Å². The van der Waals surface area contributed by atoms with Gasteiger partial charge in [0.15, 0.2) is 27.0 Å². The van der Waals surface area contributed by atoms with E-state index in [2.05, 4.69) is 0 Å². The van der Waals surface area contributed by atoms with Crippen LogP contribution in [0.2, 0.25) is 0 Å². The lowest BCUT2D eigenvalue weighted by Gasteiger charge is -2.39. The minimum Gasteiger partial charge on any atom is -0.394 e. The summed E-state index contributed by atoms with van der Waals surface area (Å²) in [7, 11) is -9.90. The van der Waals surface area contributed by atoms with Crippen molar-refractivity contribution in [2.75, 3.05) is 18.7 Å². The summed E-state index contributed by atoms with van der Waals surface area (Å²) in [6.45, 7) is -1.85. The van der Waals surface area contributed by atoms with Crippen LogP contribution >= 0.6 is 7.60 Å². The minimum absolute atomic E-state index is 0.735. The van der Waals surface area contributed by atoms with E-state index in [1.807, 2.05) is 4.98 Å². The van der Waals surface area contributed by atoms with Gasteiger partial charge in [-0.1, -0.05) is 0 Å². The van der Waals surface area contributed by atoms with E-state index in [0.717, 1.165) is 16.8 Å².